The van der Waals surface area contributed by atoms with Gasteiger partial charge in [0.05, 0.1) is 12.6 Å². The van der Waals surface area contributed by atoms with E-state index in [1.54, 1.807) is 0 Å². The van der Waals surface area contributed by atoms with Crippen molar-refractivity contribution in [2.45, 2.75) is 57.2 Å². The van der Waals surface area contributed by atoms with Crippen LogP contribution in [0.25, 0.3) is 11.0 Å². The van der Waals surface area contributed by atoms with Gasteiger partial charge in [0.1, 0.15) is 5.76 Å². The maximum atomic E-state index is 12.2. The van der Waals surface area contributed by atoms with E-state index in [1.165, 1.54) is 18.6 Å². The Balaban J connectivity index is 1.49. The number of unbranched alkanes of at least 4 members (excludes halogenated alkanes) is 1. The van der Waals surface area contributed by atoms with Gasteiger partial charge in [0.25, 0.3) is 0 Å². The van der Waals surface area contributed by atoms with Crippen LogP contribution in [0.2, 0.25) is 0 Å². The Hall–Kier alpha value is -1.27. The molecule has 1 N–H and O–H groups in total. The monoisotopic (exact) mass is 393 g/mol. The molecule has 0 radical (unpaired) electrons. The Labute approximate surface area is 163 Å². The zero-order valence-corrected chi connectivity index (χ0v) is 17.1. The smallest absolute Gasteiger partial charge is 0.220 e. The third-order valence-corrected chi connectivity index (χ3v) is 7.55. The number of furan rings is 1. The average Bonchev–Trinajstić information content (AvgIpc) is 3.29. The van der Waals surface area contributed by atoms with Gasteiger partial charge in [-0.3, -0.25) is 4.79 Å². The van der Waals surface area contributed by atoms with Crippen molar-refractivity contribution in [3.8, 4) is 5.75 Å². The van der Waals surface area contributed by atoms with Crippen LogP contribution in [0.5, 0.6) is 5.75 Å². The van der Waals surface area contributed by atoms with Gasteiger partial charge >= 0.3 is 0 Å². The maximum Gasteiger partial charge on any atom is 0.220 e. The highest BCUT2D eigenvalue weighted by Gasteiger charge is 2.18. The number of rotatable bonds is 9. The Morgan fingerprint density at radius 3 is 3.08 bits per heavy atom. The molecule has 2 aromatic rings. The minimum absolute atomic E-state index is 0.0939. The standard InChI is InChI=1S/C20H27NO3S2/c1-3-23-17-9-6-7-15-13-18(24-20(15)17)14(2)21-19(22)10-5-4-8-16-11-12-25-26-16/h6-7,9,13-14,16H,3-5,8,10-12H2,1-2H3,(H,21,22). The lowest BCUT2D eigenvalue weighted by molar-refractivity contribution is -0.121. The fourth-order valence-corrected chi connectivity index (χ4v) is 6.17. The van der Waals surface area contributed by atoms with Gasteiger partial charge in [-0.1, -0.05) is 40.1 Å². The molecule has 6 heteroatoms. The number of carbonyl (C=O) groups is 1. The molecule has 1 aromatic carbocycles. The Morgan fingerprint density at radius 1 is 1.42 bits per heavy atom. The first kappa shape index (κ1) is 19.5. The lowest BCUT2D eigenvalue weighted by Gasteiger charge is -2.12. The van der Waals surface area contributed by atoms with Crippen LogP contribution in [-0.2, 0) is 4.79 Å². The van der Waals surface area contributed by atoms with E-state index in [9.17, 15) is 4.79 Å². The molecule has 26 heavy (non-hydrogen) atoms. The van der Waals surface area contributed by atoms with Crippen molar-refractivity contribution in [3.63, 3.8) is 0 Å². The number of carbonyl (C=O) groups excluding carboxylic acids is 1. The molecular formula is C20H27NO3S2. The van der Waals surface area contributed by atoms with Crippen LogP contribution in [0.3, 0.4) is 0 Å². The lowest BCUT2D eigenvalue weighted by atomic mass is 10.1. The number of hydrogen-bond acceptors (Lipinski definition) is 5. The van der Waals surface area contributed by atoms with Gasteiger partial charge in [-0.25, -0.2) is 0 Å². The largest absolute Gasteiger partial charge is 0.490 e. The Bertz CT molecular complexity index is 725. The summed E-state index contributed by atoms with van der Waals surface area (Å²) in [6.07, 6.45) is 5.20. The van der Waals surface area contributed by atoms with Gasteiger partial charge in [0.15, 0.2) is 11.3 Å². The number of hydrogen-bond donors (Lipinski definition) is 1. The van der Waals surface area contributed by atoms with E-state index < -0.39 is 0 Å². The second-order valence-electron chi connectivity index (χ2n) is 6.62. The summed E-state index contributed by atoms with van der Waals surface area (Å²) in [7, 11) is 3.99. The molecule has 1 aromatic heterocycles. The van der Waals surface area contributed by atoms with E-state index in [0.29, 0.717) is 13.0 Å². The van der Waals surface area contributed by atoms with E-state index in [2.05, 4.69) is 5.32 Å². The summed E-state index contributed by atoms with van der Waals surface area (Å²) in [5.74, 6) is 2.88. The minimum Gasteiger partial charge on any atom is -0.490 e. The SMILES string of the molecule is CCOc1cccc2cc(C(C)NC(=O)CCCCC3CCSS3)oc12. The fraction of sp³-hybridized carbons (Fsp3) is 0.550. The van der Waals surface area contributed by atoms with Gasteiger partial charge in [-0.2, -0.15) is 0 Å². The molecule has 1 saturated heterocycles. The number of para-hydroxylation sites is 1. The van der Waals surface area contributed by atoms with E-state index in [4.69, 9.17) is 9.15 Å². The zero-order chi connectivity index (χ0) is 18.4. The molecule has 2 atom stereocenters. The summed E-state index contributed by atoms with van der Waals surface area (Å²) in [6, 6.07) is 7.70. The topological polar surface area (TPSA) is 51.5 Å². The highest BCUT2D eigenvalue weighted by Crippen LogP contribution is 2.39. The summed E-state index contributed by atoms with van der Waals surface area (Å²) in [5.41, 5.74) is 0.748. The van der Waals surface area contributed by atoms with Gasteiger partial charge in [0.2, 0.25) is 5.91 Å². The first-order valence-corrected chi connectivity index (χ1v) is 11.8. The molecule has 3 rings (SSSR count). The average molecular weight is 394 g/mol. The minimum atomic E-state index is -0.147. The van der Waals surface area contributed by atoms with Crippen LogP contribution in [-0.4, -0.2) is 23.5 Å². The number of ether oxygens (including phenoxy) is 1. The third-order valence-electron chi connectivity index (χ3n) is 4.54. The second kappa shape index (κ2) is 9.60. The van der Waals surface area contributed by atoms with Crippen molar-refractivity contribution in [3.05, 3.63) is 30.0 Å². The summed E-state index contributed by atoms with van der Waals surface area (Å²) < 4.78 is 11.6. The van der Waals surface area contributed by atoms with Crippen LogP contribution in [0.4, 0.5) is 0 Å². The van der Waals surface area contributed by atoms with Crippen molar-refractivity contribution in [1.82, 2.24) is 5.32 Å². The summed E-state index contributed by atoms with van der Waals surface area (Å²) in [6.45, 7) is 4.51. The van der Waals surface area contributed by atoms with E-state index in [0.717, 1.165) is 40.6 Å². The van der Waals surface area contributed by atoms with Crippen molar-refractivity contribution in [2.75, 3.05) is 12.4 Å². The lowest BCUT2D eigenvalue weighted by Crippen LogP contribution is -2.26. The zero-order valence-electron chi connectivity index (χ0n) is 15.5. The first-order valence-electron chi connectivity index (χ1n) is 9.40. The van der Waals surface area contributed by atoms with Crippen LogP contribution in [0.15, 0.2) is 28.7 Å². The van der Waals surface area contributed by atoms with E-state index >= 15 is 0 Å². The van der Waals surface area contributed by atoms with Gasteiger partial charge in [-0.15, -0.1) is 0 Å². The second-order valence-corrected chi connectivity index (χ2v) is 9.41. The molecule has 1 aliphatic rings. The Kier molecular flexibility index (Phi) is 7.20. The van der Waals surface area contributed by atoms with Gasteiger partial charge in [0, 0.05) is 22.8 Å². The van der Waals surface area contributed by atoms with Crippen molar-refractivity contribution < 1.29 is 13.9 Å². The molecule has 1 aliphatic heterocycles. The Morgan fingerprint density at radius 2 is 2.31 bits per heavy atom. The molecule has 0 spiro atoms. The molecule has 2 heterocycles. The molecule has 1 amide bonds. The molecule has 2 unspecified atom stereocenters. The molecule has 0 bridgehead atoms. The van der Waals surface area contributed by atoms with Crippen molar-refractivity contribution >= 4 is 38.5 Å². The summed E-state index contributed by atoms with van der Waals surface area (Å²) in [5, 5.41) is 4.84. The predicted molar refractivity (Wildman–Crippen MR) is 111 cm³/mol. The molecule has 142 valence electrons. The van der Waals surface area contributed by atoms with Crippen molar-refractivity contribution in [2.24, 2.45) is 0 Å². The van der Waals surface area contributed by atoms with Crippen molar-refractivity contribution in [1.29, 1.82) is 0 Å². The van der Waals surface area contributed by atoms with Crippen LogP contribution >= 0.6 is 21.6 Å². The van der Waals surface area contributed by atoms with Crippen LogP contribution < -0.4 is 10.1 Å². The van der Waals surface area contributed by atoms with Gasteiger partial charge in [-0.05, 0) is 45.2 Å². The number of amides is 1. The molecule has 0 aliphatic carbocycles. The van der Waals surface area contributed by atoms with E-state index in [1.807, 2.05) is 59.7 Å². The molecule has 4 nitrogen and oxygen atoms in total. The highest BCUT2D eigenvalue weighted by molar-refractivity contribution is 8.77. The summed E-state index contributed by atoms with van der Waals surface area (Å²) in [4.78, 5) is 12.2. The number of fused-ring (bicyclic) bond motifs is 1. The molecule has 0 saturated carbocycles. The number of benzene rings is 1. The molecule has 1 fully saturated rings. The van der Waals surface area contributed by atoms with Crippen LogP contribution in [0.1, 0.15) is 57.8 Å². The summed E-state index contributed by atoms with van der Waals surface area (Å²) >= 11 is 0. The fourth-order valence-electron chi connectivity index (χ4n) is 3.15. The predicted octanol–water partition coefficient (Wildman–Crippen LogP) is 5.72. The van der Waals surface area contributed by atoms with E-state index in [-0.39, 0.29) is 11.9 Å². The third kappa shape index (κ3) is 5.13. The van der Waals surface area contributed by atoms with Crippen LogP contribution in [0, 0.1) is 0 Å². The molecular weight excluding hydrogens is 366 g/mol. The first-order chi connectivity index (χ1) is 12.7. The number of nitrogens with one attached hydrogen (secondary N) is 1. The highest BCUT2D eigenvalue weighted by atomic mass is 33.1. The quantitative estimate of drug-likeness (QED) is 0.436. The normalized spacial score (nSPS) is 18.2. The van der Waals surface area contributed by atoms with Gasteiger partial charge < -0.3 is 14.5 Å². The maximum absolute atomic E-state index is 12.2.